The van der Waals surface area contributed by atoms with Crippen molar-refractivity contribution in [2.75, 3.05) is 39.3 Å². The van der Waals surface area contributed by atoms with Crippen molar-refractivity contribution >= 4 is 12.1 Å². The molecule has 0 bridgehead atoms. The number of urea groups is 1. The zero-order valence-electron chi connectivity index (χ0n) is 21.3. The highest BCUT2D eigenvalue weighted by molar-refractivity contribution is 5.75. The number of carbonyl (C=O) groups excluding carboxylic acids is 2. The summed E-state index contributed by atoms with van der Waals surface area (Å²) in [4.78, 5) is 31.9. The van der Waals surface area contributed by atoms with E-state index in [0.29, 0.717) is 25.2 Å². The second kappa shape index (κ2) is 10.8. The molecule has 3 amide bonds. The van der Waals surface area contributed by atoms with Crippen LogP contribution in [0.25, 0.3) is 0 Å². The monoisotopic (exact) mass is 484 g/mol. The minimum atomic E-state index is -0.172. The van der Waals surface area contributed by atoms with E-state index in [2.05, 4.69) is 39.4 Å². The van der Waals surface area contributed by atoms with Gasteiger partial charge in [-0.3, -0.25) is 0 Å². The van der Waals surface area contributed by atoms with Gasteiger partial charge in [-0.1, -0.05) is 43.5 Å². The fourth-order valence-corrected chi connectivity index (χ4v) is 6.92. The lowest BCUT2D eigenvalue weighted by Crippen LogP contribution is -2.57. The number of nitrogens with zero attached hydrogens (tertiary/aromatic N) is 3. The quantitative estimate of drug-likeness (QED) is 0.673. The fraction of sp³-hybridized carbons (Fsp3) is 0.714. The Kier molecular flexibility index (Phi) is 7.51. The van der Waals surface area contributed by atoms with E-state index in [4.69, 9.17) is 4.74 Å². The average Bonchev–Trinajstić information content (AvgIpc) is 2.90. The highest BCUT2D eigenvalue weighted by Crippen LogP contribution is 2.42. The molecular formula is C28H44N4O3. The second-order valence-corrected chi connectivity index (χ2v) is 11.0. The summed E-state index contributed by atoms with van der Waals surface area (Å²) in [6.07, 6.45) is 10.00. The number of piperidine rings is 2. The van der Waals surface area contributed by atoms with Crippen molar-refractivity contribution in [3.63, 3.8) is 0 Å². The van der Waals surface area contributed by atoms with E-state index in [9.17, 15) is 9.59 Å². The molecule has 1 saturated carbocycles. The summed E-state index contributed by atoms with van der Waals surface area (Å²) >= 11 is 0. The summed E-state index contributed by atoms with van der Waals surface area (Å²) < 4.78 is 5.18. The zero-order chi connectivity index (χ0) is 24.3. The third kappa shape index (κ3) is 5.30. The molecule has 194 valence electrons. The molecule has 7 heteroatoms. The minimum Gasteiger partial charge on any atom is -0.450 e. The predicted octanol–water partition coefficient (Wildman–Crippen LogP) is 4.75. The van der Waals surface area contributed by atoms with E-state index in [1.165, 1.54) is 30.4 Å². The number of benzene rings is 1. The van der Waals surface area contributed by atoms with Gasteiger partial charge in [-0.05, 0) is 69.7 Å². The number of rotatable bonds is 3. The maximum atomic E-state index is 13.3. The summed E-state index contributed by atoms with van der Waals surface area (Å²) in [6, 6.07) is 9.79. The van der Waals surface area contributed by atoms with Crippen LogP contribution < -0.4 is 5.32 Å². The lowest BCUT2D eigenvalue weighted by molar-refractivity contribution is 0.0468. The summed E-state index contributed by atoms with van der Waals surface area (Å²) in [5.41, 5.74) is 2.81. The Hall–Kier alpha value is -2.28. The van der Waals surface area contributed by atoms with Crippen molar-refractivity contribution in [1.82, 2.24) is 20.0 Å². The van der Waals surface area contributed by atoms with Gasteiger partial charge in [-0.25, -0.2) is 9.59 Å². The summed E-state index contributed by atoms with van der Waals surface area (Å²) in [7, 11) is 0. The molecule has 7 nitrogen and oxygen atoms in total. The van der Waals surface area contributed by atoms with Crippen LogP contribution in [0.3, 0.4) is 0 Å². The van der Waals surface area contributed by atoms with Crippen molar-refractivity contribution in [2.45, 2.75) is 88.8 Å². The third-order valence-electron chi connectivity index (χ3n) is 8.93. The van der Waals surface area contributed by atoms with Gasteiger partial charge in [0, 0.05) is 45.1 Å². The van der Waals surface area contributed by atoms with Crippen LogP contribution in [0.4, 0.5) is 9.59 Å². The first kappa shape index (κ1) is 24.4. The number of hydrogen-bond donors (Lipinski definition) is 1. The predicted molar refractivity (Wildman–Crippen MR) is 138 cm³/mol. The molecule has 3 heterocycles. The molecule has 5 rings (SSSR count). The van der Waals surface area contributed by atoms with Gasteiger partial charge in [0.15, 0.2) is 0 Å². The molecule has 1 aliphatic carbocycles. The lowest BCUT2D eigenvalue weighted by atomic mass is 9.68. The molecule has 0 aromatic heterocycles. The van der Waals surface area contributed by atoms with Gasteiger partial charge in [0.2, 0.25) is 0 Å². The standard InChI is InChI=1S/C28H42N4O3.H2/c1-2-35-27(34)31-16-12-24(13-17-31)30-18-14-28(15-19-30)21-32(20-22-8-6-7-11-25(22)28)26(33)29-23-9-4-3-5-10-23;/h6-8,11,23-24H,2-5,9-10,12-21H2,1H3,(H,29,33);1H. The molecule has 4 aliphatic rings. The van der Waals surface area contributed by atoms with Crippen LogP contribution >= 0.6 is 0 Å². The van der Waals surface area contributed by atoms with Gasteiger partial charge < -0.3 is 24.8 Å². The molecule has 1 aromatic carbocycles. The third-order valence-corrected chi connectivity index (χ3v) is 8.93. The first-order valence-corrected chi connectivity index (χ1v) is 13.9. The van der Waals surface area contributed by atoms with Crippen molar-refractivity contribution in [1.29, 1.82) is 0 Å². The Labute approximate surface area is 211 Å². The molecule has 0 atom stereocenters. The number of hydrogen-bond acceptors (Lipinski definition) is 4. The van der Waals surface area contributed by atoms with E-state index < -0.39 is 0 Å². The fourth-order valence-electron chi connectivity index (χ4n) is 6.92. The van der Waals surface area contributed by atoms with Gasteiger partial charge in [0.1, 0.15) is 0 Å². The van der Waals surface area contributed by atoms with E-state index in [0.717, 1.165) is 71.2 Å². The van der Waals surface area contributed by atoms with Gasteiger partial charge in [-0.2, -0.15) is 0 Å². The van der Waals surface area contributed by atoms with Gasteiger partial charge in [-0.15, -0.1) is 0 Å². The number of nitrogens with one attached hydrogen (secondary N) is 1. The van der Waals surface area contributed by atoms with Crippen molar-refractivity contribution in [3.8, 4) is 0 Å². The van der Waals surface area contributed by atoms with Crippen molar-refractivity contribution in [2.24, 2.45) is 0 Å². The summed E-state index contributed by atoms with van der Waals surface area (Å²) in [6.45, 7) is 7.49. The number of ether oxygens (including phenoxy) is 1. The first-order chi connectivity index (χ1) is 17.1. The highest BCUT2D eigenvalue weighted by atomic mass is 16.6. The molecule has 3 aliphatic heterocycles. The molecule has 0 radical (unpaired) electrons. The number of fused-ring (bicyclic) bond motifs is 2. The lowest BCUT2D eigenvalue weighted by Gasteiger charge is -2.50. The van der Waals surface area contributed by atoms with Crippen LogP contribution in [0.5, 0.6) is 0 Å². The highest BCUT2D eigenvalue weighted by Gasteiger charge is 2.44. The molecule has 35 heavy (non-hydrogen) atoms. The van der Waals surface area contributed by atoms with Crippen molar-refractivity contribution in [3.05, 3.63) is 35.4 Å². The largest absolute Gasteiger partial charge is 0.450 e. The van der Waals surface area contributed by atoms with E-state index in [1.807, 2.05) is 11.8 Å². The van der Waals surface area contributed by atoms with Gasteiger partial charge in [0.05, 0.1) is 6.61 Å². The van der Waals surface area contributed by atoms with Crippen LogP contribution in [0.15, 0.2) is 24.3 Å². The Morgan fingerprint density at radius 1 is 1.00 bits per heavy atom. The second-order valence-electron chi connectivity index (χ2n) is 11.0. The molecule has 1 spiro atoms. The molecule has 1 aromatic rings. The van der Waals surface area contributed by atoms with Gasteiger partial charge in [0.25, 0.3) is 0 Å². The van der Waals surface area contributed by atoms with Gasteiger partial charge >= 0.3 is 12.1 Å². The average molecular weight is 485 g/mol. The van der Waals surface area contributed by atoms with Crippen LogP contribution in [0.2, 0.25) is 0 Å². The maximum Gasteiger partial charge on any atom is 0.409 e. The SMILES string of the molecule is CCOC(=O)N1CCC(N2CCC3(CC2)CN(C(=O)NC2CCCCC2)Cc2ccccc23)CC1.[HH]. The molecule has 1 N–H and O–H groups in total. The summed E-state index contributed by atoms with van der Waals surface area (Å²) in [5, 5.41) is 3.36. The summed E-state index contributed by atoms with van der Waals surface area (Å²) in [5.74, 6) is 0. The minimum absolute atomic E-state index is 0. The smallest absolute Gasteiger partial charge is 0.409 e. The Bertz CT molecular complexity index is 891. The Balaban J connectivity index is 0.00000304. The van der Waals surface area contributed by atoms with Crippen LogP contribution in [-0.4, -0.2) is 78.2 Å². The zero-order valence-corrected chi connectivity index (χ0v) is 21.3. The number of carbonyl (C=O) groups is 2. The van der Waals surface area contributed by atoms with Crippen LogP contribution in [-0.2, 0) is 16.7 Å². The van der Waals surface area contributed by atoms with E-state index in [1.54, 1.807) is 0 Å². The van der Waals surface area contributed by atoms with Crippen LogP contribution in [0.1, 0.15) is 77.3 Å². The first-order valence-electron chi connectivity index (χ1n) is 13.9. The molecule has 2 saturated heterocycles. The normalized spacial score (nSPS) is 23.7. The molecular weight excluding hydrogens is 440 g/mol. The van der Waals surface area contributed by atoms with E-state index >= 15 is 0 Å². The van der Waals surface area contributed by atoms with Crippen LogP contribution in [0, 0.1) is 0 Å². The van der Waals surface area contributed by atoms with E-state index in [-0.39, 0.29) is 19.0 Å². The topological polar surface area (TPSA) is 65.1 Å². The number of amides is 3. The molecule has 0 unspecified atom stereocenters. The number of likely N-dealkylation sites (tertiary alicyclic amines) is 2. The Morgan fingerprint density at radius 2 is 1.71 bits per heavy atom. The Morgan fingerprint density at radius 3 is 2.43 bits per heavy atom. The molecule has 3 fully saturated rings. The maximum absolute atomic E-state index is 13.3. The van der Waals surface area contributed by atoms with Crippen molar-refractivity contribution < 1.29 is 15.8 Å².